The third kappa shape index (κ3) is 4.07. The number of amides is 1. The third-order valence-electron chi connectivity index (χ3n) is 5.26. The molecule has 9 heteroatoms. The smallest absolute Gasteiger partial charge is 0.301 e. The summed E-state index contributed by atoms with van der Waals surface area (Å²) in [6, 6.07) is 12.9. The highest BCUT2D eigenvalue weighted by molar-refractivity contribution is 7.15. The molecule has 2 heterocycles. The molecule has 1 unspecified atom stereocenters. The van der Waals surface area contributed by atoms with Crippen LogP contribution < -0.4 is 14.4 Å². The van der Waals surface area contributed by atoms with Gasteiger partial charge < -0.3 is 14.6 Å². The molecule has 1 saturated heterocycles. The standard InChI is InChI=1S/C24H23N3O5S/c1-4-18-25-26-24(33-18)27-20(15-11-12-16(32-5-2)17(13-15)31-3)19(22(29)23(27)30)21(28)14-9-7-6-8-10-14/h6-13,20,28H,4-5H2,1-3H3/b21-19+. The van der Waals surface area contributed by atoms with Gasteiger partial charge in [0.2, 0.25) is 5.13 Å². The zero-order valence-electron chi connectivity index (χ0n) is 18.4. The van der Waals surface area contributed by atoms with E-state index in [1.54, 1.807) is 48.5 Å². The van der Waals surface area contributed by atoms with E-state index in [0.29, 0.717) is 40.8 Å². The number of carbonyl (C=O) groups excluding carboxylic acids is 2. The molecule has 3 aromatic rings. The predicted octanol–water partition coefficient (Wildman–Crippen LogP) is 4.13. The van der Waals surface area contributed by atoms with Crippen molar-refractivity contribution in [2.45, 2.75) is 26.3 Å². The Bertz CT molecular complexity index is 1220. The van der Waals surface area contributed by atoms with Gasteiger partial charge in [-0.3, -0.25) is 14.5 Å². The van der Waals surface area contributed by atoms with Gasteiger partial charge in [-0.2, -0.15) is 0 Å². The van der Waals surface area contributed by atoms with Crippen molar-refractivity contribution in [3.8, 4) is 11.5 Å². The Kier molecular flexibility index (Phi) is 6.41. The molecule has 1 aliphatic heterocycles. The summed E-state index contributed by atoms with van der Waals surface area (Å²) in [6.07, 6.45) is 0.646. The summed E-state index contributed by atoms with van der Waals surface area (Å²) in [5.41, 5.74) is 0.982. The van der Waals surface area contributed by atoms with Gasteiger partial charge in [-0.15, -0.1) is 10.2 Å². The summed E-state index contributed by atoms with van der Waals surface area (Å²) in [4.78, 5) is 27.6. The number of ketones is 1. The van der Waals surface area contributed by atoms with E-state index in [9.17, 15) is 14.7 Å². The fourth-order valence-electron chi connectivity index (χ4n) is 3.71. The maximum absolute atomic E-state index is 13.2. The van der Waals surface area contributed by atoms with E-state index in [0.717, 1.165) is 5.01 Å². The topological polar surface area (TPSA) is 102 Å². The third-order valence-corrected chi connectivity index (χ3v) is 6.33. The lowest BCUT2D eigenvalue weighted by molar-refractivity contribution is -0.132. The zero-order chi connectivity index (χ0) is 23.5. The Hall–Kier alpha value is -3.72. The Morgan fingerprint density at radius 1 is 1.09 bits per heavy atom. The maximum Gasteiger partial charge on any atom is 0.301 e. The molecular formula is C24H23N3O5S. The molecular weight excluding hydrogens is 442 g/mol. The number of aromatic nitrogens is 2. The van der Waals surface area contributed by atoms with Crippen LogP contribution in [0.15, 0.2) is 54.1 Å². The average molecular weight is 466 g/mol. The Morgan fingerprint density at radius 3 is 2.48 bits per heavy atom. The van der Waals surface area contributed by atoms with Crippen LogP contribution in [0.3, 0.4) is 0 Å². The number of aliphatic hydroxyl groups is 1. The van der Waals surface area contributed by atoms with Crippen molar-refractivity contribution in [2.24, 2.45) is 0 Å². The molecule has 0 radical (unpaired) electrons. The van der Waals surface area contributed by atoms with Gasteiger partial charge in [-0.1, -0.05) is 54.7 Å². The highest BCUT2D eigenvalue weighted by atomic mass is 32.1. The minimum atomic E-state index is -0.910. The number of hydrogen-bond acceptors (Lipinski definition) is 8. The van der Waals surface area contributed by atoms with Gasteiger partial charge in [-0.25, -0.2) is 0 Å². The number of aliphatic hydroxyl groups excluding tert-OH is 1. The zero-order valence-corrected chi connectivity index (χ0v) is 19.3. The van der Waals surface area contributed by atoms with Gasteiger partial charge in [0.25, 0.3) is 5.78 Å². The molecule has 0 bridgehead atoms. The van der Waals surface area contributed by atoms with Crippen molar-refractivity contribution in [2.75, 3.05) is 18.6 Å². The summed E-state index contributed by atoms with van der Waals surface area (Å²) in [7, 11) is 1.51. The van der Waals surface area contributed by atoms with Crippen molar-refractivity contribution in [3.63, 3.8) is 0 Å². The molecule has 1 aliphatic rings. The molecule has 2 aromatic carbocycles. The summed E-state index contributed by atoms with van der Waals surface area (Å²) >= 11 is 1.24. The molecule has 33 heavy (non-hydrogen) atoms. The van der Waals surface area contributed by atoms with Gasteiger partial charge >= 0.3 is 5.91 Å². The molecule has 1 N–H and O–H groups in total. The van der Waals surface area contributed by atoms with Crippen LogP contribution in [0, 0.1) is 0 Å². The number of Topliss-reactive ketones (excluding diaryl/α,β-unsaturated/α-hetero) is 1. The first-order valence-corrected chi connectivity index (χ1v) is 11.3. The first kappa shape index (κ1) is 22.5. The minimum absolute atomic E-state index is 0.0225. The molecule has 0 spiro atoms. The van der Waals surface area contributed by atoms with Gasteiger partial charge in [0.15, 0.2) is 11.5 Å². The number of hydrogen-bond donors (Lipinski definition) is 1. The second kappa shape index (κ2) is 9.41. The van der Waals surface area contributed by atoms with Crippen LogP contribution in [-0.2, 0) is 16.0 Å². The number of rotatable bonds is 7. The summed E-state index contributed by atoms with van der Waals surface area (Å²) in [5.74, 6) is -0.833. The Labute approximate surface area is 195 Å². The maximum atomic E-state index is 13.2. The van der Waals surface area contributed by atoms with Crippen LogP contribution in [0.25, 0.3) is 5.76 Å². The number of carbonyl (C=O) groups is 2. The monoisotopic (exact) mass is 465 g/mol. The van der Waals surface area contributed by atoms with E-state index in [1.165, 1.54) is 23.3 Å². The van der Waals surface area contributed by atoms with Crippen LogP contribution in [0.5, 0.6) is 11.5 Å². The SMILES string of the molecule is CCOc1ccc(C2/C(=C(\O)c3ccccc3)C(=O)C(=O)N2c2nnc(CC)s2)cc1OC. The quantitative estimate of drug-likeness (QED) is 0.318. The normalized spacial score (nSPS) is 17.4. The summed E-state index contributed by atoms with van der Waals surface area (Å²) in [6.45, 7) is 4.25. The van der Waals surface area contributed by atoms with Crippen molar-refractivity contribution >= 4 is 33.9 Å². The Balaban J connectivity index is 1.93. The number of benzene rings is 2. The highest BCUT2D eigenvalue weighted by Gasteiger charge is 2.48. The molecule has 0 saturated carbocycles. The van der Waals surface area contributed by atoms with E-state index in [-0.39, 0.29) is 11.3 Å². The fourth-order valence-corrected chi connectivity index (χ4v) is 4.52. The molecule has 1 atom stereocenters. The van der Waals surface area contributed by atoms with Crippen LogP contribution in [0.4, 0.5) is 5.13 Å². The lowest BCUT2D eigenvalue weighted by atomic mass is 9.95. The second-order valence-corrected chi connectivity index (χ2v) is 8.25. The number of nitrogens with zero attached hydrogens (tertiary/aromatic N) is 3. The minimum Gasteiger partial charge on any atom is -0.507 e. The van der Waals surface area contributed by atoms with Gasteiger partial charge in [0.1, 0.15) is 10.8 Å². The highest BCUT2D eigenvalue weighted by Crippen LogP contribution is 2.44. The lowest BCUT2D eigenvalue weighted by Crippen LogP contribution is -2.29. The van der Waals surface area contributed by atoms with Gasteiger partial charge in [0, 0.05) is 5.56 Å². The predicted molar refractivity (Wildman–Crippen MR) is 125 cm³/mol. The molecule has 8 nitrogen and oxygen atoms in total. The van der Waals surface area contributed by atoms with E-state index in [1.807, 2.05) is 13.8 Å². The van der Waals surface area contributed by atoms with E-state index < -0.39 is 17.7 Å². The summed E-state index contributed by atoms with van der Waals surface area (Å²) in [5, 5.41) is 20.4. The molecule has 1 amide bonds. The van der Waals surface area contributed by atoms with Gasteiger partial charge in [0.05, 0.1) is 25.3 Å². The number of ether oxygens (including phenoxy) is 2. The number of methoxy groups -OCH3 is 1. The fraction of sp³-hybridized carbons (Fsp3) is 0.250. The van der Waals surface area contributed by atoms with Crippen molar-refractivity contribution in [1.82, 2.24) is 10.2 Å². The largest absolute Gasteiger partial charge is 0.507 e. The van der Waals surface area contributed by atoms with Crippen LogP contribution in [0.2, 0.25) is 0 Å². The van der Waals surface area contributed by atoms with Crippen LogP contribution in [-0.4, -0.2) is 40.7 Å². The first-order chi connectivity index (χ1) is 16.0. The van der Waals surface area contributed by atoms with E-state index in [2.05, 4.69) is 10.2 Å². The van der Waals surface area contributed by atoms with Crippen molar-refractivity contribution in [1.29, 1.82) is 0 Å². The van der Waals surface area contributed by atoms with Crippen molar-refractivity contribution in [3.05, 3.63) is 70.2 Å². The Morgan fingerprint density at radius 2 is 1.85 bits per heavy atom. The molecule has 1 fully saturated rings. The lowest BCUT2D eigenvalue weighted by Gasteiger charge is -2.23. The number of aryl methyl sites for hydroxylation is 1. The second-order valence-electron chi connectivity index (χ2n) is 7.21. The van der Waals surface area contributed by atoms with E-state index >= 15 is 0 Å². The van der Waals surface area contributed by atoms with E-state index in [4.69, 9.17) is 9.47 Å². The molecule has 0 aliphatic carbocycles. The van der Waals surface area contributed by atoms with Crippen LogP contribution >= 0.6 is 11.3 Å². The average Bonchev–Trinajstić information content (AvgIpc) is 3.42. The van der Waals surface area contributed by atoms with Crippen LogP contribution in [0.1, 0.15) is 36.0 Å². The first-order valence-electron chi connectivity index (χ1n) is 10.5. The van der Waals surface area contributed by atoms with Gasteiger partial charge in [-0.05, 0) is 31.0 Å². The molecule has 170 valence electrons. The van der Waals surface area contributed by atoms with Crippen molar-refractivity contribution < 1.29 is 24.2 Å². The molecule has 4 rings (SSSR count). The molecule has 1 aromatic heterocycles. The summed E-state index contributed by atoms with van der Waals surface area (Å²) < 4.78 is 11.1. The number of anilines is 1.